The Balaban J connectivity index is 2.00. The number of carbonyl (C=O) groups is 1. The second-order valence-electron chi connectivity index (χ2n) is 6.00. The average Bonchev–Trinajstić information content (AvgIpc) is 2.53. The summed E-state index contributed by atoms with van der Waals surface area (Å²) in [5.74, 6) is -0.324. The van der Waals surface area contributed by atoms with Gasteiger partial charge in [0.1, 0.15) is 0 Å². The molecule has 0 saturated heterocycles. The largest absolute Gasteiger partial charge is 0.348 e. The molecule has 0 heterocycles. The van der Waals surface area contributed by atoms with E-state index in [9.17, 15) is 14.9 Å². The van der Waals surface area contributed by atoms with Crippen molar-refractivity contribution in [1.29, 1.82) is 0 Å². The van der Waals surface area contributed by atoms with Gasteiger partial charge in [-0.25, -0.2) is 0 Å². The van der Waals surface area contributed by atoms with Crippen LogP contribution < -0.4 is 5.32 Å². The first-order valence-electron chi connectivity index (χ1n) is 7.62. The molecule has 1 amide bonds. The molecule has 126 valence electrons. The van der Waals surface area contributed by atoms with Crippen LogP contribution in [0.2, 0.25) is 0 Å². The Labute approximate surface area is 141 Å². The Morgan fingerprint density at radius 3 is 2.33 bits per heavy atom. The lowest BCUT2D eigenvalue weighted by Gasteiger charge is -2.10. The Morgan fingerprint density at radius 1 is 1.12 bits per heavy atom. The molecule has 2 aromatic rings. The van der Waals surface area contributed by atoms with Crippen LogP contribution in [-0.4, -0.2) is 29.8 Å². The molecule has 1 N–H and O–H groups in total. The first-order chi connectivity index (χ1) is 11.4. The van der Waals surface area contributed by atoms with Gasteiger partial charge in [-0.15, -0.1) is 0 Å². The maximum atomic E-state index is 12.2. The van der Waals surface area contributed by atoms with Crippen LogP contribution in [0.25, 0.3) is 0 Å². The van der Waals surface area contributed by atoms with Crippen molar-refractivity contribution in [3.8, 4) is 0 Å². The zero-order valence-electron chi connectivity index (χ0n) is 14.1. The van der Waals surface area contributed by atoms with Gasteiger partial charge in [0.15, 0.2) is 0 Å². The topological polar surface area (TPSA) is 75.5 Å². The molecule has 0 aliphatic rings. The quantitative estimate of drug-likeness (QED) is 0.654. The predicted octanol–water partition coefficient (Wildman–Crippen LogP) is 2.89. The Morgan fingerprint density at radius 2 is 1.75 bits per heavy atom. The van der Waals surface area contributed by atoms with E-state index < -0.39 is 4.92 Å². The number of hydrogen-bond acceptors (Lipinski definition) is 4. The normalized spacial score (nSPS) is 10.7. The Kier molecular flexibility index (Phi) is 5.65. The molecule has 0 aliphatic carbocycles. The van der Waals surface area contributed by atoms with Gasteiger partial charge >= 0.3 is 0 Å². The minimum atomic E-state index is -0.477. The van der Waals surface area contributed by atoms with Crippen molar-refractivity contribution in [2.45, 2.75) is 20.0 Å². The first-order valence-corrected chi connectivity index (χ1v) is 7.62. The summed E-state index contributed by atoms with van der Waals surface area (Å²) in [6, 6.07) is 12.5. The number of benzene rings is 2. The molecule has 2 rings (SSSR count). The van der Waals surface area contributed by atoms with E-state index in [2.05, 4.69) is 10.2 Å². The third-order valence-electron chi connectivity index (χ3n) is 3.64. The number of nitrogens with one attached hydrogen (secondary N) is 1. The second-order valence-corrected chi connectivity index (χ2v) is 6.00. The number of aryl methyl sites for hydroxylation is 1. The highest BCUT2D eigenvalue weighted by atomic mass is 16.6. The molecule has 6 heteroatoms. The lowest BCUT2D eigenvalue weighted by molar-refractivity contribution is -0.385. The fraction of sp³-hybridized carbons (Fsp3) is 0.278. The summed E-state index contributed by atoms with van der Waals surface area (Å²) in [5, 5.41) is 13.7. The molecule has 0 atom stereocenters. The number of nitrogens with zero attached hydrogens (tertiary/aromatic N) is 2. The van der Waals surface area contributed by atoms with Crippen molar-refractivity contribution in [3.63, 3.8) is 0 Å². The third kappa shape index (κ3) is 4.63. The van der Waals surface area contributed by atoms with Gasteiger partial charge in [-0.2, -0.15) is 0 Å². The highest BCUT2D eigenvalue weighted by Crippen LogP contribution is 2.19. The van der Waals surface area contributed by atoms with E-state index >= 15 is 0 Å². The van der Waals surface area contributed by atoms with Crippen LogP contribution in [-0.2, 0) is 13.1 Å². The van der Waals surface area contributed by atoms with Crippen LogP contribution in [0.5, 0.6) is 0 Å². The summed E-state index contributed by atoms with van der Waals surface area (Å²) < 4.78 is 0. The number of hydrogen-bond donors (Lipinski definition) is 1. The highest BCUT2D eigenvalue weighted by Gasteiger charge is 2.14. The molecule has 0 radical (unpaired) electrons. The van der Waals surface area contributed by atoms with Crippen molar-refractivity contribution in [1.82, 2.24) is 10.2 Å². The first kappa shape index (κ1) is 17.6. The number of amides is 1. The summed E-state index contributed by atoms with van der Waals surface area (Å²) in [7, 11) is 4.02. The minimum Gasteiger partial charge on any atom is -0.348 e. The molecule has 0 saturated carbocycles. The molecule has 0 spiro atoms. The highest BCUT2D eigenvalue weighted by molar-refractivity contribution is 5.94. The zero-order valence-corrected chi connectivity index (χ0v) is 14.1. The van der Waals surface area contributed by atoms with E-state index in [0.717, 1.165) is 12.1 Å². The van der Waals surface area contributed by atoms with Gasteiger partial charge in [-0.1, -0.05) is 30.3 Å². The van der Waals surface area contributed by atoms with Crippen LogP contribution in [0.1, 0.15) is 27.0 Å². The van der Waals surface area contributed by atoms with E-state index in [-0.39, 0.29) is 17.2 Å². The van der Waals surface area contributed by atoms with Crippen LogP contribution in [0.3, 0.4) is 0 Å². The maximum absolute atomic E-state index is 12.2. The van der Waals surface area contributed by atoms with E-state index in [1.807, 2.05) is 38.4 Å². The number of rotatable bonds is 6. The fourth-order valence-electron chi connectivity index (χ4n) is 2.36. The Hall–Kier alpha value is -2.73. The third-order valence-corrected chi connectivity index (χ3v) is 3.64. The standard InChI is InChI=1S/C18H21N3O3/c1-13-4-9-16(10-17(13)21(23)24)18(22)19-11-14-5-7-15(8-6-14)12-20(2)3/h4-10H,11-12H2,1-3H3,(H,19,22). The van der Waals surface area contributed by atoms with Gasteiger partial charge in [0, 0.05) is 30.3 Å². The zero-order chi connectivity index (χ0) is 17.7. The lowest BCUT2D eigenvalue weighted by Crippen LogP contribution is -2.23. The van der Waals surface area contributed by atoms with Gasteiger partial charge in [-0.05, 0) is 38.2 Å². The molecule has 0 fully saturated rings. The lowest BCUT2D eigenvalue weighted by atomic mass is 10.1. The van der Waals surface area contributed by atoms with Crippen molar-refractivity contribution in [2.24, 2.45) is 0 Å². The molecule has 0 unspecified atom stereocenters. The number of nitro groups is 1. The smallest absolute Gasteiger partial charge is 0.273 e. The summed E-state index contributed by atoms with van der Waals surface area (Å²) >= 11 is 0. The summed E-state index contributed by atoms with van der Waals surface area (Å²) in [6.45, 7) is 2.89. The van der Waals surface area contributed by atoms with E-state index in [0.29, 0.717) is 12.1 Å². The SMILES string of the molecule is Cc1ccc(C(=O)NCc2ccc(CN(C)C)cc2)cc1[N+](=O)[O-]. The molecule has 0 bridgehead atoms. The van der Waals surface area contributed by atoms with E-state index in [4.69, 9.17) is 0 Å². The molecular formula is C18H21N3O3. The number of carbonyl (C=O) groups excluding carboxylic acids is 1. The summed E-state index contributed by atoms with van der Waals surface area (Å²) in [6.07, 6.45) is 0. The number of nitro benzene ring substituents is 1. The second kappa shape index (κ2) is 7.70. The van der Waals surface area contributed by atoms with Gasteiger partial charge in [0.2, 0.25) is 0 Å². The van der Waals surface area contributed by atoms with Crippen molar-refractivity contribution >= 4 is 11.6 Å². The summed E-state index contributed by atoms with van der Waals surface area (Å²) in [5.41, 5.74) is 2.96. The molecule has 6 nitrogen and oxygen atoms in total. The Bertz CT molecular complexity index is 740. The van der Waals surface area contributed by atoms with Crippen molar-refractivity contribution in [2.75, 3.05) is 14.1 Å². The van der Waals surface area contributed by atoms with Gasteiger partial charge in [-0.3, -0.25) is 14.9 Å². The maximum Gasteiger partial charge on any atom is 0.273 e. The van der Waals surface area contributed by atoms with E-state index in [1.54, 1.807) is 19.1 Å². The monoisotopic (exact) mass is 327 g/mol. The van der Waals surface area contributed by atoms with Crippen LogP contribution >= 0.6 is 0 Å². The van der Waals surface area contributed by atoms with Crippen molar-refractivity contribution < 1.29 is 9.72 Å². The fourth-order valence-corrected chi connectivity index (χ4v) is 2.36. The molecule has 0 aliphatic heterocycles. The molecule has 0 aromatic heterocycles. The van der Waals surface area contributed by atoms with Crippen molar-refractivity contribution in [3.05, 3.63) is 74.8 Å². The van der Waals surface area contributed by atoms with E-state index in [1.165, 1.54) is 11.6 Å². The van der Waals surface area contributed by atoms with Gasteiger partial charge < -0.3 is 10.2 Å². The summed E-state index contributed by atoms with van der Waals surface area (Å²) in [4.78, 5) is 24.7. The van der Waals surface area contributed by atoms with Crippen LogP contribution in [0, 0.1) is 17.0 Å². The average molecular weight is 327 g/mol. The molecule has 2 aromatic carbocycles. The molecular weight excluding hydrogens is 306 g/mol. The van der Waals surface area contributed by atoms with Crippen LogP contribution in [0.15, 0.2) is 42.5 Å². The predicted molar refractivity (Wildman–Crippen MR) is 92.8 cm³/mol. The minimum absolute atomic E-state index is 0.0457. The van der Waals surface area contributed by atoms with Crippen LogP contribution in [0.4, 0.5) is 5.69 Å². The molecule has 24 heavy (non-hydrogen) atoms. The van der Waals surface area contributed by atoms with Gasteiger partial charge in [0.25, 0.3) is 11.6 Å². The van der Waals surface area contributed by atoms with Gasteiger partial charge in [0.05, 0.1) is 4.92 Å².